The van der Waals surface area contributed by atoms with Crippen molar-refractivity contribution in [2.75, 3.05) is 0 Å². The highest BCUT2D eigenvalue weighted by atomic mass is 79.9. The van der Waals surface area contributed by atoms with Gasteiger partial charge in [0.25, 0.3) is 11.6 Å². The predicted molar refractivity (Wildman–Crippen MR) is 108 cm³/mol. The van der Waals surface area contributed by atoms with Gasteiger partial charge >= 0.3 is 0 Å². The van der Waals surface area contributed by atoms with Crippen molar-refractivity contribution >= 4 is 33.7 Å². The number of nitrogens with one attached hydrogen (secondary N) is 1. The summed E-state index contributed by atoms with van der Waals surface area (Å²) >= 11 is 3.32. The molecule has 1 amide bonds. The summed E-state index contributed by atoms with van der Waals surface area (Å²) in [7, 11) is 0. The lowest BCUT2D eigenvalue weighted by atomic mass is 10.1. The van der Waals surface area contributed by atoms with Crippen molar-refractivity contribution in [3.63, 3.8) is 0 Å². The zero-order valence-corrected chi connectivity index (χ0v) is 16.5. The van der Waals surface area contributed by atoms with Crippen LogP contribution in [0.15, 0.2) is 64.3 Å². The number of carbonyl (C=O) groups is 1. The number of rotatable bonds is 6. The second kappa shape index (κ2) is 8.57. The van der Waals surface area contributed by atoms with E-state index in [9.17, 15) is 14.9 Å². The molecule has 142 valence electrons. The molecule has 1 heterocycles. The third-order valence-electron chi connectivity index (χ3n) is 3.98. The SMILES string of the molecule is Cc1ccccc1C=NNC(=O)c1nn(Cc2ccc([N+](=O)[O-])cc2)cc1Br. The first-order valence-electron chi connectivity index (χ1n) is 8.29. The van der Waals surface area contributed by atoms with Crippen LogP contribution in [0.3, 0.4) is 0 Å². The number of aromatic nitrogens is 2. The molecular weight excluding hydrogens is 426 g/mol. The summed E-state index contributed by atoms with van der Waals surface area (Å²) in [5, 5.41) is 19.0. The van der Waals surface area contributed by atoms with Gasteiger partial charge in [0.05, 0.1) is 22.2 Å². The van der Waals surface area contributed by atoms with Crippen molar-refractivity contribution in [1.29, 1.82) is 0 Å². The highest BCUT2D eigenvalue weighted by molar-refractivity contribution is 9.10. The van der Waals surface area contributed by atoms with Crippen molar-refractivity contribution < 1.29 is 9.72 Å². The molecular formula is C19H16BrN5O3. The number of nitro benzene ring substituents is 1. The second-order valence-corrected chi connectivity index (χ2v) is 6.86. The Morgan fingerprint density at radius 3 is 2.68 bits per heavy atom. The van der Waals surface area contributed by atoms with Gasteiger partial charge in [0, 0.05) is 18.3 Å². The van der Waals surface area contributed by atoms with E-state index in [0.717, 1.165) is 16.7 Å². The Balaban J connectivity index is 1.66. The van der Waals surface area contributed by atoms with Crippen LogP contribution >= 0.6 is 15.9 Å². The van der Waals surface area contributed by atoms with Gasteiger partial charge in [-0.3, -0.25) is 19.6 Å². The van der Waals surface area contributed by atoms with Crippen LogP contribution in [0.25, 0.3) is 0 Å². The van der Waals surface area contributed by atoms with Crippen molar-refractivity contribution in [2.45, 2.75) is 13.5 Å². The quantitative estimate of drug-likeness (QED) is 0.358. The number of hydrogen-bond donors (Lipinski definition) is 1. The predicted octanol–water partition coefficient (Wildman–Crippen LogP) is 3.67. The fraction of sp³-hybridized carbons (Fsp3) is 0.105. The van der Waals surface area contributed by atoms with Gasteiger partial charge in [-0.25, -0.2) is 5.43 Å². The molecule has 0 aliphatic rings. The normalized spacial score (nSPS) is 10.9. The number of amides is 1. The van der Waals surface area contributed by atoms with Crippen LogP contribution in [0.2, 0.25) is 0 Å². The smallest absolute Gasteiger partial charge is 0.266 e. The fourth-order valence-corrected chi connectivity index (χ4v) is 2.98. The summed E-state index contributed by atoms with van der Waals surface area (Å²) in [6.07, 6.45) is 3.25. The fourth-order valence-electron chi connectivity index (χ4n) is 2.49. The molecule has 0 atom stereocenters. The van der Waals surface area contributed by atoms with E-state index < -0.39 is 10.8 Å². The van der Waals surface area contributed by atoms with Gasteiger partial charge in [-0.15, -0.1) is 0 Å². The number of nitrogens with zero attached hydrogens (tertiary/aromatic N) is 4. The number of carbonyl (C=O) groups excluding carboxylic acids is 1. The summed E-state index contributed by atoms with van der Waals surface area (Å²) in [5.41, 5.74) is 5.47. The van der Waals surface area contributed by atoms with Gasteiger partial charge in [-0.2, -0.15) is 10.2 Å². The summed E-state index contributed by atoms with van der Waals surface area (Å²) in [4.78, 5) is 22.6. The van der Waals surface area contributed by atoms with Crippen LogP contribution in [0.5, 0.6) is 0 Å². The van der Waals surface area contributed by atoms with Gasteiger partial charge in [0.15, 0.2) is 5.69 Å². The molecule has 0 spiro atoms. The average molecular weight is 442 g/mol. The van der Waals surface area contributed by atoms with Crippen LogP contribution in [-0.4, -0.2) is 26.8 Å². The van der Waals surface area contributed by atoms with Gasteiger partial charge < -0.3 is 0 Å². The third kappa shape index (κ3) is 4.68. The van der Waals surface area contributed by atoms with Crippen molar-refractivity contribution in [3.05, 3.63) is 91.7 Å². The van der Waals surface area contributed by atoms with Crippen molar-refractivity contribution in [2.24, 2.45) is 5.10 Å². The molecule has 0 unspecified atom stereocenters. The first-order chi connectivity index (χ1) is 13.4. The Morgan fingerprint density at radius 1 is 1.29 bits per heavy atom. The maximum Gasteiger partial charge on any atom is 0.293 e. The van der Waals surface area contributed by atoms with Crippen LogP contribution in [-0.2, 0) is 6.54 Å². The maximum atomic E-state index is 12.3. The molecule has 3 rings (SSSR count). The minimum absolute atomic E-state index is 0.0250. The Labute approximate surface area is 169 Å². The first kappa shape index (κ1) is 19.4. The van der Waals surface area contributed by atoms with Crippen LogP contribution < -0.4 is 5.43 Å². The Bertz CT molecular complexity index is 1040. The van der Waals surface area contributed by atoms with E-state index in [4.69, 9.17) is 0 Å². The van der Waals surface area contributed by atoms with E-state index >= 15 is 0 Å². The van der Waals surface area contributed by atoms with E-state index in [1.807, 2.05) is 31.2 Å². The monoisotopic (exact) mass is 441 g/mol. The molecule has 8 nitrogen and oxygen atoms in total. The van der Waals surface area contributed by atoms with Gasteiger partial charge in [0.1, 0.15) is 0 Å². The summed E-state index contributed by atoms with van der Waals surface area (Å²) in [6, 6.07) is 13.9. The van der Waals surface area contributed by atoms with E-state index in [0.29, 0.717) is 11.0 Å². The Morgan fingerprint density at radius 2 is 2.00 bits per heavy atom. The number of hydrazone groups is 1. The van der Waals surface area contributed by atoms with E-state index in [1.54, 1.807) is 29.2 Å². The summed E-state index contributed by atoms with van der Waals surface area (Å²) in [5.74, 6) is -0.445. The first-order valence-corrected chi connectivity index (χ1v) is 9.08. The van der Waals surface area contributed by atoms with E-state index in [-0.39, 0.29) is 11.4 Å². The number of non-ortho nitro benzene ring substituents is 1. The minimum Gasteiger partial charge on any atom is -0.266 e. The minimum atomic E-state index is -0.450. The molecule has 0 saturated heterocycles. The number of halogens is 1. The molecule has 9 heteroatoms. The molecule has 28 heavy (non-hydrogen) atoms. The Kier molecular flexibility index (Phi) is 5.95. The molecule has 0 fully saturated rings. The molecule has 3 aromatic rings. The molecule has 1 N–H and O–H groups in total. The lowest BCUT2D eigenvalue weighted by molar-refractivity contribution is -0.384. The summed E-state index contributed by atoms with van der Waals surface area (Å²) in [6.45, 7) is 2.33. The average Bonchev–Trinajstić information content (AvgIpc) is 3.04. The highest BCUT2D eigenvalue weighted by Crippen LogP contribution is 2.17. The Hall–Kier alpha value is -3.33. The van der Waals surface area contributed by atoms with Gasteiger partial charge in [-0.05, 0) is 39.5 Å². The number of nitro groups is 1. The molecule has 1 aromatic heterocycles. The lowest BCUT2D eigenvalue weighted by Crippen LogP contribution is -2.19. The standard InChI is InChI=1S/C19H16BrN5O3/c1-13-4-2-3-5-15(13)10-21-22-19(26)18-17(20)12-24(23-18)11-14-6-8-16(9-7-14)25(27)28/h2-10,12H,11H2,1H3,(H,22,26). The highest BCUT2D eigenvalue weighted by Gasteiger charge is 2.15. The molecule has 0 saturated carbocycles. The van der Waals surface area contributed by atoms with Gasteiger partial charge in [-0.1, -0.05) is 36.4 Å². The van der Waals surface area contributed by atoms with Crippen LogP contribution in [0, 0.1) is 17.0 Å². The number of aryl methyl sites for hydroxylation is 1. The number of benzene rings is 2. The molecule has 0 bridgehead atoms. The van der Waals surface area contributed by atoms with Crippen molar-refractivity contribution in [1.82, 2.24) is 15.2 Å². The number of hydrogen-bond acceptors (Lipinski definition) is 5. The summed E-state index contributed by atoms with van der Waals surface area (Å²) < 4.78 is 2.10. The van der Waals surface area contributed by atoms with E-state index in [1.165, 1.54) is 12.1 Å². The molecule has 0 aliphatic carbocycles. The van der Waals surface area contributed by atoms with Crippen LogP contribution in [0.4, 0.5) is 5.69 Å². The zero-order chi connectivity index (χ0) is 20.1. The topological polar surface area (TPSA) is 102 Å². The van der Waals surface area contributed by atoms with E-state index in [2.05, 4.69) is 31.6 Å². The maximum absolute atomic E-state index is 12.3. The molecule has 0 radical (unpaired) electrons. The third-order valence-corrected chi connectivity index (χ3v) is 4.56. The molecule has 0 aliphatic heterocycles. The second-order valence-electron chi connectivity index (χ2n) is 6.00. The zero-order valence-electron chi connectivity index (χ0n) is 14.9. The van der Waals surface area contributed by atoms with Crippen LogP contribution in [0.1, 0.15) is 27.2 Å². The molecule has 2 aromatic carbocycles. The lowest BCUT2D eigenvalue weighted by Gasteiger charge is -2.01. The largest absolute Gasteiger partial charge is 0.293 e. The van der Waals surface area contributed by atoms with Crippen molar-refractivity contribution in [3.8, 4) is 0 Å². The van der Waals surface area contributed by atoms with Gasteiger partial charge in [0.2, 0.25) is 0 Å².